The van der Waals surface area contributed by atoms with Crippen LogP contribution in [0.4, 0.5) is 0 Å². The van der Waals surface area contributed by atoms with Crippen molar-refractivity contribution in [2.75, 3.05) is 19.7 Å². The van der Waals surface area contributed by atoms with Gasteiger partial charge in [0.15, 0.2) is 5.82 Å². The molecule has 1 amide bonds. The Balaban J connectivity index is 1.46. The SMILES string of the molecule is CCCc1nc([C@H]2CN(C(=O)c3ccnc(C4CC4)n3)CCO2)n[nH]1. The van der Waals surface area contributed by atoms with Crippen molar-refractivity contribution in [1.82, 2.24) is 30.0 Å². The molecular weight excluding hydrogens is 320 g/mol. The Kier molecular flexibility index (Phi) is 4.44. The molecule has 1 atom stereocenters. The molecule has 2 fully saturated rings. The lowest BCUT2D eigenvalue weighted by Crippen LogP contribution is -2.43. The fourth-order valence-corrected chi connectivity index (χ4v) is 2.99. The predicted molar refractivity (Wildman–Crippen MR) is 89.0 cm³/mol. The molecule has 4 rings (SSSR count). The van der Waals surface area contributed by atoms with Gasteiger partial charge < -0.3 is 9.64 Å². The van der Waals surface area contributed by atoms with E-state index in [0.717, 1.165) is 37.3 Å². The number of ether oxygens (including phenoxy) is 1. The van der Waals surface area contributed by atoms with Gasteiger partial charge in [0.25, 0.3) is 5.91 Å². The molecule has 1 aliphatic carbocycles. The van der Waals surface area contributed by atoms with E-state index >= 15 is 0 Å². The maximum atomic E-state index is 12.8. The van der Waals surface area contributed by atoms with Gasteiger partial charge in [0.05, 0.1) is 13.2 Å². The minimum absolute atomic E-state index is 0.0816. The molecular formula is C17H22N6O2. The maximum absolute atomic E-state index is 12.8. The molecule has 132 valence electrons. The van der Waals surface area contributed by atoms with Gasteiger partial charge in [0.2, 0.25) is 0 Å². The summed E-state index contributed by atoms with van der Waals surface area (Å²) >= 11 is 0. The van der Waals surface area contributed by atoms with Gasteiger partial charge in [-0.15, -0.1) is 0 Å². The molecule has 25 heavy (non-hydrogen) atoms. The van der Waals surface area contributed by atoms with Crippen molar-refractivity contribution in [3.05, 3.63) is 35.4 Å². The van der Waals surface area contributed by atoms with Gasteiger partial charge in [0.1, 0.15) is 23.4 Å². The third-order valence-corrected chi connectivity index (χ3v) is 4.51. The molecule has 1 saturated carbocycles. The number of hydrogen-bond acceptors (Lipinski definition) is 6. The van der Waals surface area contributed by atoms with Crippen LogP contribution in [0.5, 0.6) is 0 Å². The van der Waals surface area contributed by atoms with Crippen LogP contribution in [0.15, 0.2) is 12.3 Å². The Morgan fingerprint density at radius 3 is 3.04 bits per heavy atom. The lowest BCUT2D eigenvalue weighted by molar-refractivity contribution is -0.0268. The van der Waals surface area contributed by atoms with Crippen molar-refractivity contribution < 1.29 is 9.53 Å². The first kappa shape index (κ1) is 16.1. The van der Waals surface area contributed by atoms with Crippen LogP contribution in [0, 0.1) is 0 Å². The van der Waals surface area contributed by atoms with E-state index in [2.05, 4.69) is 32.1 Å². The van der Waals surface area contributed by atoms with E-state index in [1.54, 1.807) is 17.2 Å². The van der Waals surface area contributed by atoms with Gasteiger partial charge >= 0.3 is 0 Å². The fourth-order valence-electron chi connectivity index (χ4n) is 2.99. The number of aryl methyl sites for hydroxylation is 1. The first-order chi connectivity index (χ1) is 12.2. The summed E-state index contributed by atoms with van der Waals surface area (Å²) in [6.45, 7) is 3.54. The summed E-state index contributed by atoms with van der Waals surface area (Å²) in [5.74, 6) is 2.60. The third-order valence-electron chi connectivity index (χ3n) is 4.51. The van der Waals surface area contributed by atoms with Crippen LogP contribution in [0.2, 0.25) is 0 Å². The Labute approximate surface area is 146 Å². The van der Waals surface area contributed by atoms with Crippen molar-refractivity contribution in [1.29, 1.82) is 0 Å². The normalized spacial score (nSPS) is 20.7. The molecule has 2 aliphatic rings. The van der Waals surface area contributed by atoms with Crippen molar-refractivity contribution in [2.45, 2.75) is 44.6 Å². The summed E-state index contributed by atoms with van der Waals surface area (Å²) in [5.41, 5.74) is 0.458. The first-order valence-electron chi connectivity index (χ1n) is 8.89. The molecule has 8 nitrogen and oxygen atoms in total. The van der Waals surface area contributed by atoms with E-state index < -0.39 is 0 Å². The molecule has 2 aromatic rings. The zero-order valence-electron chi connectivity index (χ0n) is 14.3. The lowest BCUT2D eigenvalue weighted by Gasteiger charge is -2.31. The average Bonchev–Trinajstić information content (AvgIpc) is 3.41. The highest BCUT2D eigenvalue weighted by Crippen LogP contribution is 2.37. The van der Waals surface area contributed by atoms with Crippen molar-refractivity contribution in [3.63, 3.8) is 0 Å². The number of carbonyl (C=O) groups excluding carboxylic acids is 1. The van der Waals surface area contributed by atoms with E-state index in [-0.39, 0.29) is 12.0 Å². The van der Waals surface area contributed by atoms with Gasteiger partial charge in [-0.05, 0) is 25.3 Å². The smallest absolute Gasteiger partial charge is 0.272 e. The van der Waals surface area contributed by atoms with Gasteiger partial charge in [-0.3, -0.25) is 9.89 Å². The van der Waals surface area contributed by atoms with Crippen LogP contribution in [-0.4, -0.2) is 55.7 Å². The number of nitrogens with zero attached hydrogens (tertiary/aromatic N) is 5. The Bertz CT molecular complexity index is 757. The monoisotopic (exact) mass is 342 g/mol. The summed E-state index contributed by atoms with van der Waals surface area (Å²) in [7, 11) is 0. The minimum atomic E-state index is -0.302. The third kappa shape index (κ3) is 3.53. The highest BCUT2D eigenvalue weighted by molar-refractivity contribution is 5.92. The van der Waals surface area contributed by atoms with Crippen molar-refractivity contribution >= 4 is 5.91 Å². The first-order valence-corrected chi connectivity index (χ1v) is 8.89. The van der Waals surface area contributed by atoms with Crippen molar-refractivity contribution in [3.8, 4) is 0 Å². The maximum Gasteiger partial charge on any atom is 0.272 e. The zero-order valence-corrected chi connectivity index (χ0v) is 14.3. The molecule has 1 saturated heterocycles. The fraction of sp³-hybridized carbons (Fsp3) is 0.588. The number of amides is 1. The molecule has 0 unspecified atom stereocenters. The quantitative estimate of drug-likeness (QED) is 0.887. The van der Waals surface area contributed by atoms with Crippen molar-refractivity contribution in [2.24, 2.45) is 0 Å². The summed E-state index contributed by atoms with van der Waals surface area (Å²) < 4.78 is 5.77. The van der Waals surface area contributed by atoms with E-state index in [1.165, 1.54) is 0 Å². The topological polar surface area (TPSA) is 96.9 Å². The molecule has 0 spiro atoms. The summed E-state index contributed by atoms with van der Waals surface area (Å²) in [6.07, 6.45) is 5.46. The van der Waals surface area contributed by atoms with Gasteiger partial charge in [-0.1, -0.05) is 6.92 Å². The van der Waals surface area contributed by atoms with E-state index in [1.807, 2.05) is 0 Å². The molecule has 0 radical (unpaired) electrons. The minimum Gasteiger partial charge on any atom is -0.366 e. The van der Waals surface area contributed by atoms with E-state index in [4.69, 9.17) is 4.74 Å². The van der Waals surface area contributed by atoms with Crippen LogP contribution in [0.3, 0.4) is 0 Å². The Morgan fingerprint density at radius 2 is 2.24 bits per heavy atom. The number of morpholine rings is 1. The highest BCUT2D eigenvalue weighted by Gasteiger charge is 2.31. The summed E-state index contributed by atoms with van der Waals surface area (Å²) in [4.78, 5) is 27.8. The molecule has 2 aromatic heterocycles. The Hall–Kier alpha value is -2.35. The number of H-pyrrole nitrogens is 1. The second-order valence-corrected chi connectivity index (χ2v) is 6.58. The molecule has 3 heterocycles. The van der Waals surface area contributed by atoms with Gasteiger partial charge in [-0.2, -0.15) is 5.10 Å². The van der Waals surface area contributed by atoms with Crippen LogP contribution in [-0.2, 0) is 11.2 Å². The van der Waals surface area contributed by atoms with E-state index in [0.29, 0.717) is 37.1 Å². The molecule has 8 heteroatoms. The molecule has 1 aliphatic heterocycles. The van der Waals surface area contributed by atoms with Crippen LogP contribution in [0.25, 0.3) is 0 Å². The number of aromatic amines is 1. The summed E-state index contributed by atoms with van der Waals surface area (Å²) in [6, 6.07) is 1.69. The number of nitrogens with one attached hydrogen (secondary N) is 1. The number of rotatable bonds is 5. The average molecular weight is 342 g/mol. The predicted octanol–water partition coefficient (Wildman–Crippen LogP) is 1.64. The molecule has 0 aromatic carbocycles. The molecule has 0 bridgehead atoms. The molecule has 1 N–H and O–H groups in total. The standard InChI is InChI=1S/C17H22N6O2/c1-2-3-14-20-16(22-21-14)13-10-23(8-9-25-13)17(24)12-6-7-18-15(19-12)11-4-5-11/h6-7,11,13H,2-5,8-10H2,1H3,(H,20,21,22)/t13-/m1/s1. The van der Waals surface area contributed by atoms with Gasteiger partial charge in [0, 0.05) is 25.1 Å². The summed E-state index contributed by atoms with van der Waals surface area (Å²) in [5, 5.41) is 7.19. The number of carbonyl (C=O) groups is 1. The van der Waals surface area contributed by atoms with Crippen LogP contribution >= 0.6 is 0 Å². The lowest BCUT2D eigenvalue weighted by atomic mass is 10.2. The van der Waals surface area contributed by atoms with Crippen LogP contribution in [0.1, 0.15) is 66.2 Å². The van der Waals surface area contributed by atoms with E-state index in [9.17, 15) is 4.79 Å². The second-order valence-electron chi connectivity index (χ2n) is 6.58. The Morgan fingerprint density at radius 1 is 1.36 bits per heavy atom. The zero-order chi connectivity index (χ0) is 17.2. The second kappa shape index (κ2) is 6.87. The van der Waals surface area contributed by atoms with Gasteiger partial charge in [-0.25, -0.2) is 15.0 Å². The highest BCUT2D eigenvalue weighted by atomic mass is 16.5. The number of hydrogen-bond donors (Lipinski definition) is 1. The largest absolute Gasteiger partial charge is 0.366 e. The van der Waals surface area contributed by atoms with Crippen LogP contribution < -0.4 is 0 Å². The number of aromatic nitrogens is 5.